The maximum absolute atomic E-state index is 5.42. The number of benzene rings is 9. The van der Waals surface area contributed by atoms with E-state index in [1.54, 1.807) is 0 Å². The first-order valence-corrected chi connectivity index (χ1v) is 19.6. The van der Waals surface area contributed by atoms with Crippen LogP contribution in [0.2, 0.25) is 0 Å². The normalized spacial score (nSPS) is 14.3. The topological polar surface area (TPSA) is 25.5 Å². The Labute approximate surface area is 329 Å². The molecule has 12 rings (SSSR count). The van der Waals surface area contributed by atoms with Gasteiger partial charge < -0.3 is 14.0 Å². The van der Waals surface area contributed by atoms with E-state index in [0.29, 0.717) is 0 Å². The Morgan fingerprint density at radius 2 is 0.947 bits per heavy atom. The zero-order chi connectivity index (χ0) is 37.6. The molecule has 0 amide bonds. The number of hydrogen-bond acceptors (Lipinski definition) is 2. The van der Waals surface area contributed by atoms with Crippen molar-refractivity contribution in [2.45, 2.75) is 6.17 Å². The van der Waals surface area contributed by atoms with Crippen molar-refractivity contribution < 1.29 is 0 Å². The largest absolute Gasteiger partial charge is 0.349 e. The molecule has 0 fully saturated rings. The predicted octanol–water partition coefficient (Wildman–Crippen LogP) is 13.2. The molecule has 268 valence electrons. The molecule has 0 aliphatic carbocycles. The highest BCUT2D eigenvalue weighted by atomic mass is 15.2. The smallest absolute Gasteiger partial charge is 0.147 e. The first-order valence-electron chi connectivity index (χ1n) is 19.6. The Morgan fingerprint density at radius 3 is 1.58 bits per heavy atom. The zero-order valence-electron chi connectivity index (χ0n) is 31.3. The predicted molar refractivity (Wildman–Crippen MR) is 240 cm³/mol. The average Bonchev–Trinajstić information content (AvgIpc) is 3.79. The molecule has 0 saturated carbocycles. The van der Waals surface area contributed by atoms with E-state index in [-0.39, 0.29) is 6.17 Å². The number of aromatic nitrogens is 2. The molecule has 11 aromatic rings. The van der Waals surface area contributed by atoms with Gasteiger partial charge in [0.15, 0.2) is 0 Å². The van der Waals surface area contributed by atoms with Gasteiger partial charge in [0, 0.05) is 56.8 Å². The van der Waals surface area contributed by atoms with E-state index in [1.165, 1.54) is 70.8 Å². The SMILES string of the molecule is CN1c2ccccc2C(c2ccccc2)=NC1c1ccc(-n2c3cc4c(cc3c3c5ccccc5ccc32)c2c3ccccc3ccc2n4-c2ccccc2)cc1. The third kappa shape index (κ3) is 4.71. The summed E-state index contributed by atoms with van der Waals surface area (Å²) in [4.78, 5) is 7.72. The summed E-state index contributed by atoms with van der Waals surface area (Å²) < 4.78 is 4.91. The maximum atomic E-state index is 5.42. The zero-order valence-corrected chi connectivity index (χ0v) is 31.3. The Hall–Kier alpha value is -7.43. The number of hydrogen-bond donors (Lipinski definition) is 0. The second-order valence-electron chi connectivity index (χ2n) is 15.2. The molecule has 1 aliphatic heterocycles. The fraction of sp³-hybridized carbons (Fsp3) is 0.0377. The highest BCUT2D eigenvalue weighted by Crippen LogP contribution is 2.44. The molecule has 0 radical (unpaired) electrons. The molecule has 1 aliphatic rings. The fourth-order valence-electron chi connectivity index (χ4n) is 9.51. The third-order valence-corrected chi connectivity index (χ3v) is 12.1. The minimum absolute atomic E-state index is 0.165. The van der Waals surface area contributed by atoms with Gasteiger partial charge in [-0.05, 0) is 81.7 Å². The minimum Gasteiger partial charge on any atom is -0.349 e. The number of rotatable bonds is 4. The minimum atomic E-state index is -0.165. The van der Waals surface area contributed by atoms with Gasteiger partial charge in [-0.25, -0.2) is 0 Å². The van der Waals surface area contributed by atoms with Crippen LogP contribution >= 0.6 is 0 Å². The van der Waals surface area contributed by atoms with Crippen LogP contribution in [0.1, 0.15) is 22.9 Å². The van der Waals surface area contributed by atoms with E-state index in [2.05, 4.69) is 215 Å². The summed E-state index contributed by atoms with van der Waals surface area (Å²) in [6.45, 7) is 0. The van der Waals surface area contributed by atoms with E-state index in [0.717, 1.165) is 33.8 Å². The van der Waals surface area contributed by atoms with Crippen molar-refractivity contribution in [2.75, 3.05) is 11.9 Å². The van der Waals surface area contributed by atoms with Gasteiger partial charge in [-0.1, -0.05) is 140 Å². The van der Waals surface area contributed by atoms with Crippen LogP contribution in [0, 0.1) is 0 Å². The first-order chi connectivity index (χ1) is 28.2. The molecule has 4 heteroatoms. The molecular formula is C53H36N4. The second kappa shape index (κ2) is 12.3. The van der Waals surface area contributed by atoms with Gasteiger partial charge in [0.1, 0.15) is 6.17 Å². The van der Waals surface area contributed by atoms with Crippen LogP contribution in [0.15, 0.2) is 199 Å². The quantitative estimate of drug-likeness (QED) is 0.177. The fourth-order valence-corrected chi connectivity index (χ4v) is 9.51. The van der Waals surface area contributed by atoms with Crippen molar-refractivity contribution in [1.29, 1.82) is 0 Å². The molecule has 57 heavy (non-hydrogen) atoms. The van der Waals surface area contributed by atoms with Gasteiger partial charge in [0.2, 0.25) is 0 Å². The summed E-state index contributed by atoms with van der Waals surface area (Å²) >= 11 is 0. The van der Waals surface area contributed by atoms with Gasteiger partial charge in [-0.3, -0.25) is 4.99 Å². The number of aliphatic imine (C=N–C) groups is 1. The Bertz CT molecular complexity index is 3410. The van der Waals surface area contributed by atoms with Gasteiger partial charge in [-0.2, -0.15) is 0 Å². The van der Waals surface area contributed by atoms with Crippen molar-refractivity contribution in [3.8, 4) is 11.4 Å². The third-order valence-electron chi connectivity index (χ3n) is 12.1. The Balaban J connectivity index is 1.12. The molecular weight excluding hydrogens is 693 g/mol. The molecule has 0 spiro atoms. The Kier molecular flexibility index (Phi) is 6.87. The molecule has 0 N–H and O–H groups in total. The molecule has 3 heterocycles. The molecule has 1 unspecified atom stereocenters. The summed E-state index contributed by atoms with van der Waals surface area (Å²) in [5.41, 5.74) is 12.7. The van der Waals surface area contributed by atoms with Crippen LogP contribution in [-0.4, -0.2) is 21.9 Å². The van der Waals surface area contributed by atoms with E-state index in [4.69, 9.17) is 4.99 Å². The van der Waals surface area contributed by atoms with Crippen LogP contribution in [0.25, 0.3) is 76.5 Å². The number of para-hydroxylation sites is 2. The van der Waals surface area contributed by atoms with Crippen LogP contribution in [-0.2, 0) is 0 Å². The first kappa shape index (κ1) is 31.9. The number of nitrogens with zero attached hydrogens (tertiary/aromatic N) is 4. The summed E-state index contributed by atoms with van der Waals surface area (Å²) in [7, 11) is 2.15. The van der Waals surface area contributed by atoms with Crippen molar-refractivity contribution in [2.24, 2.45) is 4.99 Å². The number of fused-ring (bicyclic) bond motifs is 11. The van der Waals surface area contributed by atoms with Gasteiger partial charge in [-0.15, -0.1) is 0 Å². The lowest BCUT2D eigenvalue weighted by atomic mass is 9.96. The van der Waals surface area contributed by atoms with Crippen LogP contribution in [0.5, 0.6) is 0 Å². The molecule has 2 aromatic heterocycles. The van der Waals surface area contributed by atoms with Crippen molar-refractivity contribution in [1.82, 2.24) is 9.13 Å². The monoisotopic (exact) mass is 728 g/mol. The van der Waals surface area contributed by atoms with E-state index in [1.807, 2.05) is 0 Å². The number of anilines is 1. The maximum Gasteiger partial charge on any atom is 0.147 e. The molecule has 0 bridgehead atoms. The average molecular weight is 729 g/mol. The standard InChI is InChI=1S/C53H36N4/c1-55-45-23-13-12-22-42(45)52(36-16-4-2-5-17-36)54-53(55)37-24-28-39(29-25-37)57-47-31-27-35-15-9-11-21-41(35)51(47)44-32-43-48(33-49(44)57)56(38-18-6-3-7-19-38)46-30-26-34-14-8-10-20-40(34)50(43)46/h2-33,53H,1H3. The second-order valence-corrected chi connectivity index (χ2v) is 15.2. The van der Waals surface area contributed by atoms with Crippen LogP contribution < -0.4 is 4.90 Å². The molecule has 4 nitrogen and oxygen atoms in total. The molecule has 9 aromatic carbocycles. The molecule has 0 saturated heterocycles. The van der Waals surface area contributed by atoms with Gasteiger partial charge in [0.05, 0.1) is 27.8 Å². The summed E-state index contributed by atoms with van der Waals surface area (Å²) in [5, 5.41) is 10.1. The highest BCUT2D eigenvalue weighted by Gasteiger charge is 2.28. The van der Waals surface area contributed by atoms with E-state index in [9.17, 15) is 0 Å². The Morgan fingerprint density at radius 1 is 0.421 bits per heavy atom. The lowest BCUT2D eigenvalue weighted by Gasteiger charge is -2.34. The van der Waals surface area contributed by atoms with Crippen LogP contribution in [0.3, 0.4) is 0 Å². The lowest BCUT2D eigenvalue weighted by molar-refractivity contribution is 0.698. The van der Waals surface area contributed by atoms with Crippen molar-refractivity contribution in [3.05, 3.63) is 211 Å². The summed E-state index contributed by atoms with van der Waals surface area (Å²) in [6, 6.07) is 70.6. The summed E-state index contributed by atoms with van der Waals surface area (Å²) in [6.07, 6.45) is -0.165. The molecule has 1 atom stereocenters. The van der Waals surface area contributed by atoms with E-state index >= 15 is 0 Å². The van der Waals surface area contributed by atoms with Crippen LogP contribution in [0.4, 0.5) is 5.69 Å². The van der Waals surface area contributed by atoms with Gasteiger partial charge >= 0.3 is 0 Å². The van der Waals surface area contributed by atoms with Gasteiger partial charge in [0.25, 0.3) is 0 Å². The lowest BCUT2D eigenvalue weighted by Crippen LogP contribution is -2.30. The van der Waals surface area contributed by atoms with Crippen molar-refractivity contribution >= 4 is 76.6 Å². The van der Waals surface area contributed by atoms with E-state index < -0.39 is 0 Å². The van der Waals surface area contributed by atoms with Crippen molar-refractivity contribution in [3.63, 3.8) is 0 Å². The highest BCUT2D eigenvalue weighted by molar-refractivity contribution is 6.28. The summed E-state index contributed by atoms with van der Waals surface area (Å²) in [5.74, 6) is 0.